The van der Waals surface area contributed by atoms with Crippen molar-refractivity contribution in [3.05, 3.63) is 59.7 Å². The monoisotopic (exact) mass is 288 g/mol. The molecule has 2 aromatic rings. The second kappa shape index (κ2) is 7.69. The standard InChI is InChI=1S/C14H10O5.C2H6/c15-13(16)9-1-5-11(6-2-9)19-12-7-3-10(4-8-12)14(17)18;1-2/h1-8H,(H,15,16)(H,17,18);1-2H3. The Kier molecular flexibility index (Phi) is 5.95. The first-order chi connectivity index (χ1) is 10.1. The molecular weight excluding hydrogens is 272 g/mol. The SMILES string of the molecule is CC.O=C(O)c1ccc(Oc2ccc(C(=O)O)cc2)cc1. The van der Waals surface area contributed by atoms with Crippen molar-refractivity contribution in [2.45, 2.75) is 13.8 Å². The first-order valence-corrected chi connectivity index (χ1v) is 6.41. The van der Waals surface area contributed by atoms with Crippen LogP contribution in [0.25, 0.3) is 0 Å². The smallest absolute Gasteiger partial charge is 0.335 e. The van der Waals surface area contributed by atoms with Gasteiger partial charge in [-0.25, -0.2) is 9.59 Å². The fourth-order valence-corrected chi connectivity index (χ4v) is 1.47. The maximum absolute atomic E-state index is 10.7. The topological polar surface area (TPSA) is 83.8 Å². The van der Waals surface area contributed by atoms with E-state index in [2.05, 4.69) is 0 Å². The molecule has 0 bridgehead atoms. The molecule has 0 spiro atoms. The van der Waals surface area contributed by atoms with E-state index in [0.717, 1.165) is 0 Å². The van der Waals surface area contributed by atoms with Gasteiger partial charge in [-0.2, -0.15) is 0 Å². The highest BCUT2D eigenvalue weighted by atomic mass is 16.5. The van der Waals surface area contributed by atoms with Crippen molar-refractivity contribution in [3.8, 4) is 11.5 Å². The Morgan fingerprint density at radius 2 is 1.00 bits per heavy atom. The number of carboxylic acids is 2. The molecule has 0 amide bonds. The molecule has 0 aliphatic carbocycles. The molecule has 5 nitrogen and oxygen atoms in total. The Labute approximate surface area is 122 Å². The molecule has 2 aromatic carbocycles. The zero-order valence-corrected chi connectivity index (χ0v) is 11.7. The first kappa shape index (κ1) is 16.2. The van der Waals surface area contributed by atoms with Gasteiger partial charge in [0.2, 0.25) is 0 Å². The minimum atomic E-state index is -1.00. The van der Waals surface area contributed by atoms with E-state index in [4.69, 9.17) is 14.9 Å². The van der Waals surface area contributed by atoms with Gasteiger partial charge in [0.05, 0.1) is 11.1 Å². The molecule has 0 aromatic heterocycles. The van der Waals surface area contributed by atoms with Gasteiger partial charge in [-0.15, -0.1) is 0 Å². The van der Waals surface area contributed by atoms with Crippen LogP contribution in [0.15, 0.2) is 48.5 Å². The van der Waals surface area contributed by atoms with Crippen LogP contribution in [0.4, 0.5) is 0 Å². The third-order valence-corrected chi connectivity index (χ3v) is 2.44. The number of rotatable bonds is 4. The lowest BCUT2D eigenvalue weighted by atomic mass is 10.2. The number of carboxylic acid groups (broad SMARTS) is 2. The molecule has 0 saturated carbocycles. The maximum atomic E-state index is 10.7. The first-order valence-electron chi connectivity index (χ1n) is 6.41. The summed E-state index contributed by atoms with van der Waals surface area (Å²) in [5, 5.41) is 17.5. The minimum Gasteiger partial charge on any atom is -0.478 e. The summed E-state index contributed by atoms with van der Waals surface area (Å²) < 4.78 is 5.46. The summed E-state index contributed by atoms with van der Waals surface area (Å²) in [4.78, 5) is 21.4. The molecule has 0 radical (unpaired) electrons. The maximum Gasteiger partial charge on any atom is 0.335 e. The fraction of sp³-hybridized carbons (Fsp3) is 0.125. The summed E-state index contributed by atoms with van der Waals surface area (Å²) in [6, 6.07) is 11.9. The molecule has 0 unspecified atom stereocenters. The van der Waals surface area contributed by atoms with Gasteiger partial charge >= 0.3 is 11.9 Å². The Balaban J connectivity index is 0.00000106. The number of ether oxygens (including phenoxy) is 1. The van der Waals surface area contributed by atoms with E-state index in [0.29, 0.717) is 11.5 Å². The summed E-state index contributed by atoms with van der Waals surface area (Å²) in [7, 11) is 0. The number of benzene rings is 2. The second-order valence-electron chi connectivity index (χ2n) is 3.76. The lowest BCUT2D eigenvalue weighted by Crippen LogP contribution is -1.96. The lowest BCUT2D eigenvalue weighted by Gasteiger charge is -2.06. The number of hydrogen-bond donors (Lipinski definition) is 2. The largest absolute Gasteiger partial charge is 0.478 e. The molecule has 0 saturated heterocycles. The second-order valence-corrected chi connectivity index (χ2v) is 3.76. The molecule has 5 heteroatoms. The summed E-state index contributed by atoms with van der Waals surface area (Å²) >= 11 is 0. The van der Waals surface area contributed by atoms with Gasteiger partial charge in [0.1, 0.15) is 11.5 Å². The van der Waals surface area contributed by atoms with Gasteiger partial charge in [0.25, 0.3) is 0 Å². The fourth-order valence-electron chi connectivity index (χ4n) is 1.47. The van der Waals surface area contributed by atoms with E-state index in [1.807, 2.05) is 13.8 Å². The van der Waals surface area contributed by atoms with Crippen molar-refractivity contribution >= 4 is 11.9 Å². The van der Waals surface area contributed by atoms with E-state index in [-0.39, 0.29) is 11.1 Å². The Bertz CT molecular complexity index is 544. The predicted molar refractivity (Wildman–Crippen MR) is 78.2 cm³/mol. The van der Waals surface area contributed by atoms with Gasteiger partial charge < -0.3 is 14.9 Å². The normalized spacial score (nSPS) is 9.24. The highest BCUT2D eigenvalue weighted by Gasteiger charge is 2.04. The average Bonchev–Trinajstić information content (AvgIpc) is 2.50. The van der Waals surface area contributed by atoms with E-state index in [1.54, 1.807) is 0 Å². The van der Waals surface area contributed by atoms with Crippen LogP contribution < -0.4 is 4.74 Å². The average molecular weight is 288 g/mol. The molecule has 2 rings (SSSR count). The van der Waals surface area contributed by atoms with E-state index in [1.165, 1.54) is 48.5 Å². The van der Waals surface area contributed by atoms with Crippen LogP contribution in [-0.4, -0.2) is 22.2 Å². The van der Waals surface area contributed by atoms with Crippen LogP contribution in [0.3, 0.4) is 0 Å². The van der Waals surface area contributed by atoms with Gasteiger partial charge in [0, 0.05) is 0 Å². The third-order valence-electron chi connectivity index (χ3n) is 2.44. The number of hydrogen-bond acceptors (Lipinski definition) is 3. The van der Waals surface area contributed by atoms with Crippen molar-refractivity contribution < 1.29 is 24.5 Å². The predicted octanol–water partition coefficient (Wildman–Crippen LogP) is 3.90. The van der Waals surface area contributed by atoms with Crippen molar-refractivity contribution in [3.63, 3.8) is 0 Å². The highest BCUT2D eigenvalue weighted by molar-refractivity contribution is 5.88. The summed E-state index contributed by atoms with van der Waals surface area (Å²) in [5.74, 6) is -1.05. The zero-order chi connectivity index (χ0) is 15.8. The molecule has 21 heavy (non-hydrogen) atoms. The van der Waals surface area contributed by atoms with E-state index >= 15 is 0 Å². The van der Waals surface area contributed by atoms with E-state index in [9.17, 15) is 9.59 Å². The van der Waals surface area contributed by atoms with Crippen molar-refractivity contribution in [2.75, 3.05) is 0 Å². The van der Waals surface area contributed by atoms with Crippen LogP contribution >= 0.6 is 0 Å². The molecule has 0 aliphatic rings. The molecule has 0 fully saturated rings. The van der Waals surface area contributed by atoms with Crippen LogP contribution in [-0.2, 0) is 0 Å². The summed E-state index contributed by atoms with van der Waals surface area (Å²) in [5.41, 5.74) is 0.349. The zero-order valence-electron chi connectivity index (χ0n) is 11.7. The lowest BCUT2D eigenvalue weighted by molar-refractivity contribution is 0.0686. The van der Waals surface area contributed by atoms with Gasteiger partial charge in [0.15, 0.2) is 0 Å². The molecule has 110 valence electrons. The molecule has 0 aliphatic heterocycles. The number of aromatic carboxylic acids is 2. The van der Waals surface area contributed by atoms with Gasteiger partial charge in [-0.3, -0.25) is 0 Å². The highest BCUT2D eigenvalue weighted by Crippen LogP contribution is 2.22. The van der Waals surface area contributed by atoms with Crippen LogP contribution in [0.1, 0.15) is 34.6 Å². The van der Waals surface area contributed by atoms with Crippen LogP contribution in [0.5, 0.6) is 11.5 Å². The van der Waals surface area contributed by atoms with Gasteiger partial charge in [-0.05, 0) is 48.5 Å². The number of carbonyl (C=O) groups is 2. The van der Waals surface area contributed by atoms with Crippen LogP contribution in [0, 0.1) is 0 Å². The Morgan fingerprint density at radius 3 is 1.24 bits per heavy atom. The summed E-state index contributed by atoms with van der Waals surface area (Å²) in [6.45, 7) is 4.00. The minimum absolute atomic E-state index is 0.175. The van der Waals surface area contributed by atoms with Crippen LogP contribution in [0.2, 0.25) is 0 Å². The summed E-state index contributed by atoms with van der Waals surface area (Å²) in [6.07, 6.45) is 0. The van der Waals surface area contributed by atoms with Crippen molar-refractivity contribution in [2.24, 2.45) is 0 Å². The molecule has 2 N–H and O–H groups in total. The molecular formula is C16H16O5. The third kappa shape index (κ3) is 4.65. The quantitative estimate of drug-likeness (QED) is 0.891. The van der Waals surface area contributed by atoms with Gasteiger partial charge in [-0.1, -0.05) is 13.8 Å². The van der Waals surface area contributed by atoms with Crippen molar-refractivity contribution in [1.82, 2.24) is 0 Å². The Morgan fingerprint density at radius 1 is 0.714 bits per heavy atom. The van der Waals surface area contributed by atoms with E-state index < -0.39 is 11.9 Å². The molecule has 0 atom stereocenters. The van der Waals surface area contributed by atoms with Crippen molar-refractivity contribution in [1.29, 1.82) is 0 Å². The molecule has 0 heterocycles. The Hall–Kier alpha value is -2.82.